The molecule has 4 nitrogen and oxygen atoms in total. The second kappa shape index (κ2) is 8.43. The molecule has 0 unspecified atom stereocenters. The van der Waals surface area contributed by atoms with E-state index in [1.54, 1.807) is 55.5 Å². The van der Waals surface area contributed by atoms with Crippen LogP contribution in [0.15, 0.2) is 66.7 Å². The summed E-state index contributed by atoms with van der Waals surface area (Å²) >= 11 is 0. The lowest BCUT2D eigenvalue weighted by Gasteiger charge is -2.13. The second-order valence-electron chi connectivity index (χ2n) is 6.11. The molecule has 0 aliphatic carbocycles. The molecule has 3 aromatic carbocycles. The van der Waals surface area contributed by atoms with E-state index in [2.05, 4.69) is 10.6 Å². The van der Waals surface area contributed by atoms with Gasteiger partial charge >= 0.3 is 0 Å². The molecule has 0 aromatic heterocycles. The zero-order valence-corrected chi connectivity index (χ0v) is 15.1. The Bertz CT molecular complexity index is 1020. The van der Waals surface area contributed by atoms with Crippen molar-refractivity contribution in [2.75, 3.05) is 10.6 Å². The fraction of sp³-hybridized carbons (Fsp3) is 0.0909. The smallest absolute Gasteiger partial charge is 0.255 e. The van der Waals surface area contributed by atoms with Gasteiger partial charge in [0.2, 0.25) is 5.91 Å². The Kier molecular flexibility index (Phi) is 5.79. The molecular weight excluding hydrogens is 362 g/mol. The molecule has 0 aliphatic heterocycles. The minimum atomic E-state index is -0.873. The molecule has 0 spiro atoms. The van der Waals surface area contributed by atoms with Gasteiger partial charge in [0.05, 0.1) is 5.69 Å². The van der Waals surface area contributed by atoms with Crippen LogP contribution in [0.1, 0.15) is 23.7 Å². The lowest BCUT2D eigenvalue weighted by Crippen LogP contribution is -2.15. The third kappa shape index (κ3) is 4.40. The van der Waals surface area contributed by atoms with E-state index in [4.69, 9.17) is 0 Å². The summed E-state index contributed by atoms with van der Waals surface area (Å²) < 4.78 is 28.2. The zero-order valence-electron chi connectivity index (χ0n) is 15.1. The molecule has 0 aliphatic rings. The van der Waals surface area contributed by atoms with E-state index in [1.807, 2.05) is 0 Å². The molecule has 28 heavy (non-hydrogen) atoms. The Hall–Kier alpha value is -3.54. The van der Waals surface area contributed by atoms with E-state index < -0.39 is 17.5 Å². The maximum absolute atomic E-state index is 14.5. The van der Waals surface area contributed by atoms with Crippen LogP contribution in [0.3, 0.4) is 0 Å². The Morgan fingerprint density at radius 3 is 2.36 bits per heavy atom. The Labute approximate surface area is 161 Å². The molecule has 0 bridgehead atoms. The van der Waals surface area contributed by atoms with E-state index in [9.17, 15) is 18.4 Å². The molecule has 3 aromatic rings. The summed E-state index contributed by atoms with van der Waals surface area (Å²) in [6.07, 6.45) is 0.303. The Balaban J connectivity index is 1.93. The van der Waals surface area contributed by atoms with Gasteiger partial charge in [-0.25, -0.2) is 8.78 Å². The van der Waals surface area contributed by atoms with Gasteiger partial charge in [0.25, 0.3) is 5.91 Å². The third-order valence-electron chi connectivity index (χ3n) is 4.11. The van der Waals surface area contributed by atoms with Crippen molar-refractivity contribution in [2.24, 2.45) is 0 Å². The standard InChI is InChI=1S/C22H18F2N2O2/c1-2-20(27)25-17-10-6-9-15(11-17)22(28)26-21-18(12-16(23)13-19(21)24)14-7-4-3-5-8-14/h3-13H,2H2,1H3,(H,25,27)(H,26,28). The topological polar surface area (TPSA) is 58.2 Å². The van der Waals surface area contributed by atoms with E-state index in [1.165, 1.54) is 12.1 Å². The molecule has 0 radical (unpaired) electrons. The van der Waals surface area contributed by atoms with Gasteiger partial charge in [-0.1, -0.05) is 43.3 Å². The van der Waals surface area contributed by atoms with Gasteiger partial charge in [0.15, 0.2) is 0 Å². The van der Waals surface area contributed by atoms with Crippen LogP contribution in [0.5, 0.6) is 0 Å². The van der Waals surface area contributed by atoms with Crippen molar-refractivity contribution in [2.45, 2.75) is 13.3 Å². The molecular formula is C22H18F2N2O2. The maximum Gasteiger partial charge on any atom is 0.255 e. The van der Waals surface area contributed by atoms with Gasteiger partial charge in [-0.15, -0.1) is 0 Å². The highest BCUT2D eigenvalue weighted by atomic mass is 19.1. The summed E-state index contributed by atoms with van der Waals surface area (Å²) in [6.45, 7) is 1.72. The highest BCUT2D eigenvalue weighted by molar-refractivity contribution is 6.07. The summed E-state index contributed by atoms with van der Waals surface area (Å²) in [5.41, 5.74) is 1.39. The number of carbonyl (C=O) groups is 2. The number of hydrogen-bond donors (Lipinski definition) is 2. The number of anilines is 2. The fourth-order valence-electron chi connectivity index (χ4n) is 2.72. The molecule has 0 saturated heterocycles. The van der Waals surface area contributed by atoms with E-state index >= 15 is 0 Å². The van der Waals surface area contributed by atoms with Crippen molar-refractivity contribution < 1.29 is 18.4 Å². The van der Waals surface area contributed by atoms with Crippen molar-refractivity contribution in [3.8, 4) is 11.1 Å². The molecule has 2 amide bonds. The number of nitrogens with one attached hydrogen (secondary N) is 2. The van der Waals surface area contributed by atoms with E-state index in [0.29, 0.717) is 17.7 Å². The zero-order chi connectivity index (χ0) is 20.1. The van der Waals surface area contributed by atoms with Crippen LogP contribution in [0.4, 0.5) is 20.2 Å². The molecule has 2 N–H and O–H groups in total. The summed E-state index contributed by atoms with van der Waals surface area (Å²) in [6, 6.07) is 16.9. The average molecular weight is 380 g/mol. The first kappa shape index (κ1) is 19.2. The van der Waals surface area contributed by atoms with E-state index in [-0.39, 0.29) is 22.7 Å². The Morgan fingerprint density at radius 2 is 1.64 bits per heavy atom. The van der Waals surface area contributed by atoms with Crippen molar-refractivity contribution in [3.63, 3.8) is 0 Å². The van der Waals surface area contributed by atoms with Gasteiger partial charge in [-0.2, -0.15) is 0 Å². The quantitative estimate of drug-likeness (QED) is 0.637. The monoisotopic (exact) mass is 380 g/mol. The largest absolute Gasteiger partial charge is 0.326 e. The summed E-state index contributed by atoms with van der Waals surface area (Å²) in [4.78, 5) is 24.2. The van der Waals surface area contributed by atoms with Crippen molar-refractivity contribution >= 4 is 23.2 Å². The second-order valence-corrected chi connectivity index (χ2v) is 6.11. The highest BCUT2D eigenvalue weighted by Crippen LogP contribution is 2.32. The molecule has 0 saturated carbocycles. The number of hydrogen-bond acceptors (Lipinski definition) is 2. The van der Waals surface area contributed by atoms with Crippen LogP contribution in [0.25, 0.3) is 11.1 Å². The molecule has 6 heteroatoms. The van der Waals surface area contributed by atoms with Crippen LogP contribution < -0.4 is 10.6 Å². The molecule has 142 valence electrons. The van der Waals surface area contributed by atoms with Crippen LogP contribution in [0.2, 0.25) is 0 Å². The molecule has 0 atom stereocenters. The first-order valence-corrected chi connectivity index (χ1v) is 8.73. The predicted octanol–water partition coefficient (Wildman–Crippen LogP) is 5.23. The van der Waals surface area contributed by atoms with Crippen LogP contribution >= 0.6 is 0 Å². The molecule has 3 rings (SSSR count). The summed E-state index contributed by atoms with van der Waals surface area (Å²) in [7, 11) is 0. The summed E-state index contributed by atoms with van der Waals surface area (Å²) in [5.74, 6) is -2.37. The minimum absolute atomic E-state index is 0.111. The van der Waals surface area contributed by atoms with Crippen molar-refractivity contribution in [1.29, 1.82) is 0 Å². The number of benzene rings is 3. The SMILES string of the molecule is CCC(=O)Nc1cccc(C(=O)Nc2c(F)cc(F)cc2-c2ccccc2)c1. The first-order chi connectivity index (χ1) is 13.5. The van der Waals surface area contributed by atoms with Gasteiger partial charge < -0.3 is 10.6 Å². The maximum atomic E-state index is 14.5. The predicted molar refractivity (Wildman–Crippen MR) is 105 cm³/mol. The molecule has 0 heterocycles. The van der Waals surface area contributed by atoms with Gasteiger partial charge in [0.1, 0.15) is 11.6 Å². The molecule has 0 fully saturated rings. The van der Waals surface area contributed by atoms with Gasteiger partial charge in [-0.3, -0.25) is 9.59 Å². The van der Waals surface area contributed by atoms with Crippen molar-refractivity contribution in [3.05, 3.63) is 83.9 Å². The fourth-order valence-corrected chi connectivity index (χ4v) is 2.72. The van der Waals surface area contributed by atoms with Crippen LogP contribution in [-0.4, -0.2) is 11.8 Å². The third-order valence-corrected chi connectivity index (χ3v) is 4.11. The lowest BCUT2D eigenvalue weighted by molar-refractivity contribution is -0.115. The normalized spacial score (nSPS) is 10.4. The summed E-state index contributed by atoms with van der Waals surface area (Å²) in [5, 5.41) is 5.19. The number of carbonyl (C=O) groups excluding carboxylic acids is 2. The first-order valence-electron chi connectivity index (χ1n) is 8.73. The number of rotatable bonds is 5. The van der Waals surface area contributed by atoms with Crippen LogP contribution in [-0.2, 0) is 4.79 Å². The average Bonchev–Trinajstić information content (AvgIpc) is 2.70. The lowest BCUT2D eigenvalue weighted by atomic mass is 10.0. The minimum Gasteiger partial charge on any atom is -0.326 e. The van der Waals surface area contributed by atoms with Crippen LogP contribution in [0, 0.1) is 11.6 Å². The highest BCUT2D eigenvalue weighted by Gasteiger charge is 2.17. The Morgan fingerprint density at radius 1 is 0.893 bits per heavy atom. The van der Waals surface area contributed by atoms with Crippen molar-refractivity contribution in [1.82, 2.24) is 0 Å². The van der Waals surface area contributed by atoms with Gasteiger partial charge in [0, 0.05) is 29.3 Å². The van der Waals surface area contributed by atoms with Gasteiger partial charge in [-0.05, 0) is 29.8 Å². The number of amides is 2. The number of halogens is 2. The van der Waals surface area contributed by atoms with E-state index in [0.717, 1.165) is 6.07 Å².